The molecule has 21 aliphatic rings. The number of hydrogen-bond donors (Lipinski definition) is 0. The number of rotatable bonds is 30. The van der Waals surface area contributed by atoms with Crippen LogP contribution in [0.4, 0.5) is 0 Å². The van der Waals surface area contributed by atoms with Gasteiger partial charge in [-0.3, -0.25) is 9.69 Å². The average Bonchev–Trinajstić information content (AvgIpc) is 0.799. The molecule has 0 unspecified atom stereocenters. The molecule has 0 radical (unpaired) electrons. The third-order valence-corrected chi connectivity index (χ3v) is 19.8. The van der Waals surface area contributed by atoms with Crippen LogP contribution in [0.5, 0.6) is 0 Å². The van der Waals surface area contributed by atoms with Crippen molar-refractivity contribution >= 4 is 5.97 Å². The van der Waals surface area contributed by atoms with Crippen LogP contribution in [0.3, 0.4) is 0 Å². The summed E-state index contributed by atoms with van der Waals surface area (Å²) in [4.78, 5) is 15.2. The average molecular weight is 1500 g/mol. The molecule has 37 heteroatoms. The van der Waals surface area contributed by atoms with E-state index < -0.39 is 228 Å². The summed E-state index contributed by atoms with van der Waals surface area (Å²) in [7, 11) is 33.3. The molecule has 21 saturated heterocycles. The number of carbonyl (C=O) groups is 1. The minimum atomic E-state index is -1.36. The molecule has 0 aromatic carbocycles. The monoisotopic (exact) mass is 1500 g/mol. The van der Waals surface area contributed by atoms with Crippen LogP contribution in [0.2, 0.25) is 0 Å². The van der Waals surface area contributed by atoms with Crippen LogP contribution in [0.1, 0.15) is 0 Å². The summed E-state index contributed by atoms with van der Waals surface area (Å²) in [5.41, 5.74) is 0. The molecule has 21 fully saturated rings. The number of likely N-dealkylation sites (N-methyl/N-ethyl adjacent to an activating group) is 1. The van der Waals surface area contributed by atoms with Gasteiger partial charge in [-0.2, -0.15) is 0 Å². The van der Waals surface area contributed by atoms with Crippen molar-refractivity contribution in [1.29, 1.82) is 0 Å². The van der Waals surface area contributed by atoms with Crippen molar-refractivity contribution < 1.29 is 171 Å². The molecule has 103 heavy (non-hydrogen) atoms. The van der Waals surface area contributed by atoms with Crippen LogP contribution in [0, 0.1) is 0 Å². The van der Waals surface area contributed by atoms with Crippen molar-refractivity contribution in [3.05, 3.63) is 0 Å². The van der Waals surface area contributed by atoms with Gasteiger partial charge in [0.15, 0.2) is 44.0 Å². The molecule has 602 valence electrons. The zero-order valence-electron chi connectivity index (χ0n) is 63.5. The maximum Gasteiger partial charge on any atom is 0.320 e. The summed E-state index contributed by atoms with van der Waals surface area (Å²) < 4.78 is 227. The predicted molar refractivity (Wildman–Crippen MR) is 347 cm³/mol. The zero-order chi connectivity index (χ0) is 74.8. The normalized spacial score (nSPS) is 44.4. The van der Waals surface area contributed by atoms with Gasteiger partial charge in [0.05, 0.1) is 46.2 Å². The van der Waals surface area contributed by atoms with Crippen molar-refractivity contribution in [2.45, 2.75) is 215 Å². The van der Waals surface area contributed by atoms with Crippen LogP contribution < -0.4 is 0 Å². The highest BCUT2D eigenvalue weighted by Crippen LogP contribution is 2.43. The Morgan fingerprint density at radius 3 is 0.495 bits per heavy atom. The first-order valence-corrected chi connectivity index (χ1v) is 34.2. The van der Waals surface area contributed by atoms with E-state index in [4.69, 9.17) is 166 Å². The highest BCUT2D eigenvalue weighted by molar-refractivity contribution is 5.71. The minimum absolute atomic E-state index is 0.0527. The lowest BCUT2D eigenvalue weighted by atomic mass is 9.94. The first kappa shape index (κ1) is 86.7. The molecule has 14 bridgehead atoms. The fourth-order valence-electron chi connectivity index (χ4n) is 15.2. The number of nitrogens with zero attached hydrogens (tertiary/aromatic N) is 1. The third kappa shape index (κ3) is 19.7. The Labute approximate surface area is 603 Å². The molecule has 0 aromatic heterocycles. The van der Waals surface area contributed by atoms with Crippen molar-refractivity contribution in [3.8, 4) is 0 Å². The van der Waals surface area contributed by atoms with E-state index in [1.165, 1.54) is 142 Å². The number of carbonyl (C=O) groups excluding carboxylic acids is 1. The third-order valence-electron chi connectivity index (χ3n) is 19.8. The standard InChI is InChI=1S/C66H117NO36/c1-67(2)23-38(68)89-30-37-45-52(81-15)59(88-22)66(96-37)102-44-36(29-74-8)94-64(57(86-20)51(44)80-14)100-42-34(27-72-6)92-62(55(84-18)49(42)78-12)98-40-32(25-70-4)90-60(53(82-16)47(40)76-10)97-39-31(24-69-3)91-61(54(83-17)46(39)75-9)99-41-33(26-71-5)93-63(56(85-19)48(41)77-11)101-43-35(28-73-7)95-65(103-45)58(87-21)50(43)79-13/h31-37,39-66H,23-30H2,1-22H3/t31-,32-,33-,34-,35-,36-,37-,39-,40-,41-,42-,43-,44-,45-,46+,47+,48+,49+,50+,51+,52+,53-,54-,55-,56-,57-,58-,59-,60-,61-,62-,63-,64-,65-,66-/m1/s1. The van der Waals surface area contributed by atoms with E-state index in [9.17, 15) is 4.79 Å². The Morgan fingerprint density at radius 2 is 0.369 bits per heavy atom. The zero-order valence-corrected chi connectivity index (χ0v) is 63.5. The van der Waals surface area contributed by atoms with Crippen molar-refractivity contribution in [2.75, 3.05) is 209 Å². The molecule has 0 aliphatic carbocycles. The molecule has 21 heterocycles. The molecule has 0 aromatic rings. The minimum Gasteiger partial charge on any atom is -0.462 e. The molecule has 0 N–H and O–H groups in total. The Balaban J connectivity index is 1.25. The van der Waals surface area contributed by atoms with Gasteiger partial charge >= 0.3 is 5.97 Å². The second-order valence-electron chi connectivity index (χ2n) is 26.0. The molecular weight excluding hydrogens is 1380 g/mol. The van der Waals surface area contributed by atoms with Crippen molar-refractivity contribution in [1.82, 2.24) is 4.90 Å². The fourth-order valence-corrected chi connectivity index (χ4v) is 15.2. The lowest BCUT2D eigenvalue weighted by molar-refractivity contribution is -0.402. The molecule has 0 spiro atoms. The van der Waals surface area contributed by atoms with Crippen LogP contribution in [0.25, 0.3) is 0 Å². The van der Waals surface area contributed by atoms with Gasteiger partial charge < -0.3 is 166 Å². The summed E-state index contributed by atoms with van der Waals surface area (Å²) in [6, 6.07) is 0. The molecule has 21 rings (SSSR count). The van der Waals surface area contributed by atoms with E-state index >= 15 is 0 Å². The smallest absolute Gasteiger partial charge is 0.320 e. The molecule has 21 aliphatic heterocycles. The molecule has 35 atom stereocenters. The van der Waals surface area contributed by atoms with Crippen LogP contribution in [0.15, 0.2) is 0 Å². The fraction of sp³-hybridized carbons (Fsp3) is 0.985. The van der Waals surface area contributed by atoms with E-state index in [1.807, 2.05) is 0 Å². The van der Waals surface area contributed by atoms with Crippen molar-refractivity contribution in [3.63, 3.8) is 0 Å². The Morgan fingerprint density at radius 1 is 0.223 bits per heavy atom. The largest absolute Gasteiger partial charge is 0.462 e. The van der Waals surface area contributed by atoms with Gasteiger partial charge in [-0.05, 0) is 14.1 Å². The van der Waals surface area contributed by atoms with Crippen LogP contribution >= 0.6 is 0 Å². The summed E-state index contributed by atoms with van der Waals surface area (Å²) in [5.74, 6) is -0.574. The molecular formula is C66H117NO36. The first-order chi connectivity index (χ1) is 49.9. The van der Waals surface area contributed by atoms with Gasteiger partial charge in [0.1, 0.15) is 178 Å². The summed E-state index contributed by atoms with van der Waals surface area (Å²) >= 11 is 0. The highest BCUT2D eigenvalue weighted by atomic mass is 16.8. The van der Waals surface area contributed by atoms with Crippen molar-refractivity contribution in [2.24, 2.45) is 0 Å². The lowest BCUT2D eigenvalue weighted by Crippen LogP contribution is -2.69. The van der Waals surface area contributed by atoms with E-state index in [1.54, 1.807) is 19.0 Å². The lowest BCUT2D eigenvalue weighted by Gasteiger charge is -2.52. The second kappa shape index (κ2) is 42.5. The van der Waals surface area contributed by atoms with E-state index in [0.717, 1.165) is 0 Å². The Bertz CT molecular complexity index is 2370. The van der Waals surface area contributed by atoms with Gasteiger partial charge in [-0.25, -0.2) is 0 Å². The number of methoxy groups -OCH3 is 20. The highest BCUT2D eigenvalue weighted by Gasteiger charge is 2.62. The number of hydrogen-bond acceptors (Lipinski definition) is 37. The Hall–Kier alpha value is -1.93. The van der Waals surface area contributed by atoms with Gasteiger partial charge in [0.25, 0.3) is 0 Å². The maximum atomic E-state index is 13.5. The topological polar surface area (TPSA) is 343 Å². The molecule has 37 nitrogen and oxygen atoms in total. The van der Waals surface area contributed by atoms with E-state index in [0.29, 0.717) is 0 Å². The molecule has 0 saturated carbocycles. The quantitative estimate of drug-likeness (QED) is 0.0700. The van der Waals surface area contributed by atoms with Gasteiger partial charge in [-0.15, -0.1) is 0 Å². The summed E-state index contributed by atoms with van der Waals surface area (Å²) in [6.07, 6.45) is -38.0. The number of ether oxygens (including phenoxy) is 35. The van der Waals surface area contributed by atoms with E-state index in [2.05, 4.69) is 0 Å². The maximum absolute atomic E-state index is 13.5. The van der Waals surface area contributed by atoms with Gasteiger partial charge in [-0.1, -0.05) is 0 Å². The molecule has 0 amide bonds. The van der Waals surface area contributed by atoms with Gasteiger partial charge in [0, 0.05) is 142 Å². The van der Waals surface area contributed by atoms with Crippen LogP contribution in [-0.4, -0.2) is 435 Å². The van der Waals surface area contributed by atoms with Crippen LogP contribution in [-0.2, 0) is 171 Å². The Kier molecular flexibility index (Phi) is 35.7. The number of esters is 1. The summed E-state index contributed by atoms with van der Waals surface area (Å²) in [6.45, 7) is -0.874. The predicted octanol–water partition coefficient (Wildman–Crippen LogP) is -2.04. The van der Waals surface area contributed by atoms with Gasteiger partial charge in [0.2, 0.25) is 0 Å². The SMILES string of the molecule is COC[C@H]1O[C@@H]2O[C@H]3[C@H](OC)[C@@H](OC)[C@@H](O[C@H]4[C@H](OC)[C@@H](OC)[C@@H](O[C@H]5[C@H](OC)[C@@H](OC)[C@@H](O[C@H]6[C@H](OC)[C@@H](OC)[C@@H](O[C@H]7[C@H](OC)[C@@H](OC)[C@@H](O[C@H]8[C@H](OC)[C@@H](OC)[C@@H](O[C@H]1[C@H](OC)[C@H]2OC)O[C@@H]8COC)O[C@@H]7COC)O[C@@H]6COC)O[C@@H]5COC(=O)CN(C)C)O[C@@H]4COC)O[C@@H]3COC. The second-order valence-corrected chi connectivity index (χ2v) is 26.0. The summed E-state index contributed by atoms with van der Waals surface area (Å²) in [5, 5.41) is 0. The van der Waals surface area contributed by atoms with E-state index in [-0.39, 0.29) is 46.2 Å². The first-order valence-electron chi connectivity index (χ1n) is 34.2.